The van der Waals surface area contributed by atoms with Gasteiger partial charge in [-0.3, -0.25) is 14.9 Å². The van der Waals surface area contributed by atoms with Gasteiger partial charge in [0.25, 0.3) is 5.69 Å². The van der Waals surface area contributed by atoms with Crippen molar-refractivity contribution in [2.45, 2.75) is 19.8 Å². The molecule has 2 rings (SSSR count). The summed E-state index contributed by atoms with van der Waals surface area (Å²) in [7, 11) is 0. The Balaban J connectivity index is 1.76. The van der Waals surface area contributed by atoms with Crippen LogP contribution in [0.2, 0.25) is 0 Å². The summed E-state index contributed by atoms with van der Waals surface area (Å²) in [5.41, 5.74) is 2.05. The van der Waals surface area contributed by atoms with Crippen LogP contribution in [0.5, 0.6) is 0 Å². The van der Waals surface area contributed by atoms with E-state index < -0.39 is 10.9 Å². The van der Waals surface area contributed by atoms with Gasteiger partial charge in [-0.05, 0) is 42.7 Å². The zero-order chi connectivity index (χ0) is 19.8. The monoisotopic (exact) mass is 371 g/mol. The highest BCUT2D eigenvalue weighted by Crippen LogP contribution is 2.25. The molecule has 8 heteroatoms. The van der Waals surface area contributed by atoms with Crippen molar-refractivity contribution in [3.63, 3.8) is 0 Å². The van der Waals surface area contributed by atoms with Gasteiger partial charge in [0.1, 0.15) is 5.69 Å². The normalized spacial score (nSPS) is 10.3. The number of rotatable bonds is 9. The maximum atomic E-state index is 11.9. The molecule has 0 spiro atoms. The highest BCUT2D eigenvalue weighted by Gasteiger charge is 2.13. The Morgan fingerprint density at radius 3 is 2.63 bits per heavy atom. The topological polar surface area (TPSA) is 122 Å². The summed E-state index contributed by atoms with van der Waals surface area (Å²) >= 11 is 0. The number of anilines is 1. The molecule has 2 aromatic rings. The molecule has 2 aromatic carbocycles. The molecule has 0 atom stereocenters. The quantitative estimate of drug-likeness (QED) is 0.354. The average molecular weight is 371 g/mol. The van der Waals surface area contributed by atoms with Crippen molar-refractivity contribution in [3.05, 3.63) is 69.3 Å². The average Bonchev–Trinajstić information content (AvgIpc) is 2.62. The first-order valence-electron chi connectivity index (χ1n) is 8.44. The molecule has 0 saturated heterocycles. The van der Waals surface area contributed by atoms with E-state index in [1.165, 1.54) is 18.2 Å². The Hall–Kier alpha value is -3.42. The fourth-order valence-corrected chi connectivity index (χ4v) is 2.54. The molecule has 27 heavy (non-hydrogen) atoms. The fraction of sp³-hybridized carbons (Fsp3) is 0.263. The number of carboxylic acids is 1. The minimum Gasteiger partial charge on any atom is -0.478 e. The number of nitro benzene ring substituents is 1. The lowest BCUT2D eigenvalue weighted by Crippen LogP contribution is -2.27. The van der Waals surface area contributed by atoms with E-state index in [2.05, 4.69) is 10.6 Å². The number of nitrogens with zero attached hydrogens (tertiary/aromatic N) is 1. The van der Waals surface area contributed by atoms with Crippen molar-refractivity contribution in [1.29, 1.82) is 0 Å². The van der Waals surface area contributed by atoms with Gasteiger partial charge in [0.2, 0.25) is 5.91 Å². The molecule has 0 aliphatic rings. The summed E-state index contributed by atoms with van der Waals surface area (Å²) < 4.78 is 0. The molecular formula is C19H21N3O5. The molecule has 142 valence electrons. The first-order chi connectivity index (χ1) is 12.9. The molecule has 0 aliphatic carbocycles. The van der Waals surface area contributed by atoms with Crippen LogP contribution in [-0.4, -0.2) is 35.0 Å². The predicted octanol–water partition coefficient (Wildman–Crippen LogP) is 2.76. The van der Waals surface area contributed by atoms with Gasteiger partial charge in [0.05, 0.1) is 16.9 Å². The standard InChI is InChI=1S/C19H21N3O5/c1-13-6-7-16(17(10-13)22(26)27)20-8-3-9-21-18(23)12-14-4-2-5-15(11-14)19(24)25/h2,4-7,10-11,20H,3,8-9,12H2,1H3,(H,21,23)(H,24,25). The third kappa shape index (κ3) is 6.10. The van der Waals surface area contributed by atoms with Crippen molar-refractivity contribution in [3.8, 4) is 0 Å². The summed E-state index contributed by atoms with van der Waals surface area (Å²) in [6.45, 7) is 2.67. The first-order valence-corrected chi connectivity index (χ1v) is 8.44. The largest absolute Gasteiger partial charge is 0.478 e. The Bertz CT molecular complexity index is 851. The van der Waals surface area contributed by atoms with Gasteiger partial charge in [-0.1, -0.05) is 18.2 Å². The summed E-state index contributed by atoms with van der Waals surface area (Å²) in [6.07, 6.45) is 0.684. The lowest BCUT2D eigenvalue weighted by molar-refractivity contribution is -0.384. The van der Waals surface area contributed by atoms with E-state index in [1.54, 1.807) is 31.2 Å². The first kappa shape index (κ1) is 19.9. The Morgan fingerprint density at radius 2 is 1.93 bits per heavy atom. The molecular weight excluding hydrogens is 350 g/mol. The minimum atomic E-state index is -1.03. The van der Waals surface area contributed by atoms with E-state index in [0.717, 1.165) is 5.56 Å². The van der Waals surface area contributed by atoms with Crippen LogP contribution < -0.4 is 10.6 Å². The SMILES string of the molecule is Cc1ccc(NCCCNC(=O)Cc2cccc(C(=O)O)c2)c([N+](=O)[O-])c1. The van der Waals surface area contributed by atoms with Gasteiger partial charge in [-0.25, -0.2) is 4.79 Å². The number of nitro groups is 1. The third-order valence-corrected chi connectivity index (χ3v) is 3.88. The van der Waals surface area contributed by atoms with Gasteiger partial charge >= 0.3 is 5.97 Å². The molecule has 0 heterocycles. The van der Waals surface area contributed by atoms with E-state index in [4.69, 9.17) is 5.11 Å². The number of aromatic carboxylic acids is 1. The van der Waals surface area contributed by atoms with Crippen LogP contribution in [0.1, 0.15) is 27.9 Å². The number of amides is 1. The molecule has 0 aromatic heterocycles. The van der Waals surface area contributed by atoms with Crippen molar-refractivity contribution in [2.24, 2.45) is 0 Å². The Labute approximate surface area is 156 Å². The number of hydrogen-bond donors (Lipinski definition) is 3. The molecule has 1 amide bonds. The van der Waals surface area contributed by atoms with E-state index in [-0.39, 0.29) is 23.6 Å². The second kappa shape index (κ2) is 9.33. The van der Waals surface area contributed by atoms with Crippen LogP contribution >= 0.6 is 0 Å². The summed E-state index contributed by atoms with van der Waals surface area (Å²) in [5.74, 6) is -1.24. The van der Waals surface area contributed by atoms with E-state index in [1.807, 2.05) is 0 Å². The summed E-state index contributed by atoms with van der Waals surface area (Å²) in [5, 5.41) is 25.8. The van der Waals surface area contributed by atoms with Gasteiger partial charge < -0.3 is 15.7 Å². The summed E-state index contributed by atoms with van der Waals surface area (Å²) in [6, 6.07) is 11.2. The zero-order valence-electron chi connectivity index (χ0n) is 14.9. The van der Waals surface area contributed by atoms with Crippen LogP contribution in [0.15, 0.2) is 42.5 Å². The van der Waals surface area contributed by atoms with E-state index in [9.17, 15) is 19.7 Å². The predicted molar refractivity (Wildman–Crippen MR) is 101 cm³/mol. The van der Waals surface area contributed by atoms with E-state index in [0.29, 0.717) is 30.8 Å². The van der Waals surface area contributed by atoms with Crippen molar-refractivity contribution < 1.29 is 19.6 Å². The Kier molecular flexibility index (Phi) is 6.87. The van der Waals surface area contributed by atoms with Gasteiger partial charge in [0.15, 0.2) is 0 Å². The Morgan fingerprint density at radius 1 is 1.15 bits per heavy atom. The third-order valence-electron chi connectivity index (χ3n) is 3.88. The van der Waals surface area contributed by atoms with Crippen LogP contribution in [0.25, 0.3) is 0 Å². The number of benzene rings is 2. The maximum Gasteiger partial charge on any atom is 0.335 e. The summed E-state index contributed by atoms with van der Waals surface area (Å²) in [4.78, 5) is 33.5. The molecule has 0 unspecified atom stereocenters. The highest BCUT2D eigenvalue weighted by atomic mass is 16.6. The molecule has 0 bridgehead atoms. The zero-order valence-corrected chi connectivity index (χ0v) is 14.9. The van der Waals surface area contributed by atoms with Crippen molar-refractivity contribution in [2.75, 3.05) is 18.4 Å². The van der Waals surface area contributed by atoms with Crippen LogP contribution in [0.3, 0.4) is 0 Å². The minimum absolute atomic E-state index is 0.0253. The molecule has 3 N–H and O–H groups in total. The lowest BCUT2D eigenvalue weighted by atomic mass is 10.1. The molecule has 0 saturated carbocycles. The lowest BCUT2D eigenvalue weighted by Gasteiger charge is -2.09. The van der Waals surface area contributed by atoms with Crippen LogP contribution in [0, 0.1) is 17.0 Å². The fourth-order valence-electron chi connectivity index (χ4n) is 2.54. The second-order valence-corrected chi connectivity index (χ2v) is 6.09. The van der Waals surface area contributed by atoms with Crippen molar-refractivity contribution in [1.82, 2.24) is 5.32 Å². The van der Waals surface area contributed by atoms with Crippen molar-refractivity contribution >= 4 is 23.3 Å². The second-order valence-electron chi connectivity index (χ2n) is 6.09. The van der Waals surface area contributed by atoms with Crippen LogP contribution in [0.4, 0.5) is 11.4 Å². The van der Waals surface area contributed by atoms with E-state index >= 15 is 0 Å². The molecule has 0 radical (unpaired) electrons. The maximum absolute atomic E-state index is 11.9. The highest BCUT2D eigenvalue weighted by molar-refractivity contribution is 5.88. The number of aryl methyl sites for hydroxylation is 1. The number of carbonyl (C=O) groups is 2. The van der Waals surface area contributed by atoms with Crippen LogP contribution in [-0.2, 0) is 11.2 Å². The van der Waals surface area contributed by atoms with Gasteiger partial charge in [0, 0.05) is 19.2 Å². The number of nitrogens with one attached hydrogen (secondary N) is 2. The number of hydrogen-bond acceptors (Lipinski definition) is 5. The molecule has 0 fully saturated rings. The van der Waals surface area contributed by atoms with Gasteiger partial charge in [-0.15, -0.1) is 0 Å². The smallest absolute Gasteiger partial charge is 0.335 e. The molecule has 0 aliphatic heterocycles. The number of carbonyl (C=O) groups excluding carboxylic acids is 1. The number of carboxylic acid groups (broad SMARTS) is 1. The van der Waals surface area contributed by atoms with Gasteiger partial charge in [-0.2, -0.15) is 0 Å². The molecule has 8 nitrogen and oxygen atoms in total.